The van der Waals surface area contributed by atoms with Crippen molar-refractivity contribution in [3.8, 4) is 11.8 Å². The molecule has 0 spiro atoms. The van der Waals surface area contributed by atoms with Gasteiger partial charge in [0, 0.05) is 30.2 Å². The van der Waals surface area contributed by atoms with Crippen molar-refractivity contribution in [3.05, 3.63) is 64.1 Å². The number of hydrogen-bond acceptors (Lipinski definition) is 7. The highest BCUT2D eigenvalue weighted by Gasteiger charge is 2.29. The lowest BCUT2D eigenvalue weighted by molar-refractivity contribution is -0.116. The molecule has 2 amide bonds. The van der Waals surface area contributed by atoms with E-state index in [0.29, 0.717) is 42.5 Å². The lowest BCUT2D eigenvalue weighted by Crippen LogP contribution is -2.36. The summed E-state index contributed by atoms with van der Waals surface area (Å²) in [5, 5.41) is 13.3. The van der Waals surface area contributed by atoms with Crippen molar-refractivity contribution < 1.29 is 19.1 Å². The summed E-state index contributed by atoms with van der Waals surface area (Å²) in [4.78, 5) is 35.2. The number of ether oxygens (including phenoxy) is 2. The molecule has 0 aliphatic carbocycles. The predicted molar refractivity (Wildman–Crippen MR) is 136 cm³/mol. The van der Waals surface area contributed by atoms with Crippen LogP contribution in [0.15, 0.2) is 36.7 Å². The lowest BCUT2D eigenvalue weighted by atomic mass is 9.96. The Bertz CT molecular complexity index is 1260. The number of para-hydroxylation sites is 1. The molecule has 1 aliphatic rings. The van der Waals surface area contributed by atoms with Gasteiger partial charge in [-0.2, -0.15) is 5.26 Å². The van der Waals surface area contributed by atoms with Gasteiger partial charge in [0.25, 0.3) is 0 Å². The lowest BCUT2D eigenvalue weighted by Gasteiger charge is -2.27. The summed E-state index contributed by atoms with van der Waals surface area (Å²) in [6.07, 6.45) is 3.11. The SMILES string of the molecule is CCOc1ccccc1C(C)CC(=O)Nc1sc2c(c1C#N)CCN(C(=O)OC(C)c1ncc[nH]1)C2. The van der Waals surface area contributed by atoms with Crippen molar-refractivity contribution in [3.63, 3.8) is 0 Å². The smallest absolute Gasteiger partial charge is 0.410 e. The van der Waals surface area contributed by atoms with Crippen LogP contribution in [0.5, 0.6) is 5.75 Å². The van der Waals surface area contributed by atoms with Gasteiger partial charge in [0.05, 0.1) is 18.7 Å². The van der Waals surface area contributed by atoms with Crippen LogP contribution in [0.1, 0.15) is 66.6 Å². The van der Waals surface area contributed by atoms with Gasteiger partial charge in [-0.15, -0.1) is 11.3 Å². The Morgan fingerprint density at radius 1 is 1.33 bits per heavy atom. The van der Waals surface area contributed by atoms with Crippen LogP contribution in [0.3, 0.4) is 0 Å². The maximum absolute atomic E-state index is 12.9. The molecule has 1 aromatic carbocycles. The molecule has 9 nitrogen and oxygen atoms in total. The third kappa shape index (κ3) is 5.52. The fourth-order valence-corrected chi connectivity index (χ4v) is 5.52. The van der Waals surface area contributed by atoms with Gasteiger partial charge < -0.3 is 24.7 Å². The number of rotatable bonds is 8. The molecule has 1 aliphatic heterocycles. The number of fused-ring (bicyclic) bond motifs is 1. The number of carbonyl (C=O) groups excluding carboxylic acids is 2. The second kappa shape index (κ2) is 11.3. The molecule has 188 valence electrons. The molecule has 3 heterocycles. The average molecular weight is 508 g/mol. The Morgan fingerprint density at radius 3 is 2.86 bits per heavy atom. The molecule has 3 aromatic rings. The fourth-order valence-electron chi connectivity index (χ4n) is 4.29. The Labute approximate surface area is 214 Å². The van der Waals surface area contributed by atoms with E-state index in [1.807, 2.05) is 38.1 Å². The zero-order chi connectivity index (χ0) is 25.7. The molecule has 0 radical (unpaired) electrons. The number of aromatic nitrogens is 2. The summed E-state index contributed by atoms with van der Waals surface area (Å²) in [5.41, 5.74) is 2.33. The van der Waals surface area contributed by atoms with Gasteiger partial charge >= 0.3 is 6.09 Å². The van der Waals surface area contributed by atoms with Crippen molar-refractivity contribution in [1.82, 2.24) is 14.9 Å². The maximum Gasteiger partial charge on any atom is 0.410 e. The molecule has 4 rings (SSSR count). The van der Waals surface area contributed by atoms with E-state index >= 15 is 0 Å². The molecular weight excluding hydrogens is 478 g/mol. The zero-order valence-corrected chi connectivity index (χ0v) is 21.4. The third-order valence-corrected chi connectivity index (χ3v) is 7.24. The summed E-state index contributed by atoms with van der Waals surface area (Å²) in [7, 11) is 0. The minimum Gasteiger partial charge on any atom is -0.494 e. The van der Waals surface area contributed by atoms with Gasteiger partial charge in [0.2, 0.25) is 5.91 Å². The number of nitrogens with one attached hydrogen (secondary N) is 2. The van der Waals surface area contributed by atoms with Crippen LogP contribution < -0.4 is 10.1 Å². The molecule has 2 unspecified atom stereocenters. The Kier molecular flexibility index (Phi) is 7.90. The van der Waals surface area contributed by atoms with Gasteiger partial charge in [0.1, 0.15) is 22.6 Å². The highest BCUT2D eigenvalue weighted by Crippen LogP contribution is 2.37. The van der Waals surface area contributed by atoms with Crippen molar-refractivity contribution in [2.24, 2.45) is 0 Å². The number of anilines is 1. The Balaban J connectivity index is 1.42. The molecule has 10 heteroatoms. The first-order valence-corrected chi connectivity index (χ1v) is 12.7. The number of nitrogens with zero attached hydrogens (tertiary/aromatic N) is 3. The normalized spacial score (nSPS) is 14.3. The Morgan fingerprint density at radius 2 is 2.14 bits per heavy atom. The van der Waals surface area contributed by atoms with Gasteiger partial charge in [-0.25, -0.2) is 9.78 Å². The second-order valence-corrected chi connectivity index (χ2v) is 9.72. The standard InChI is InChI=1S/C26H29N5O4S/c1-4-34-21-8-6-5-7-18(21)16(2)13-23(32)30-25-20(14-27)19-9-12-31(15-22(19)36-25)26(33)35-17(3)24-28-10-11-29-24/h5-8,10-11,16-17H,4,9,12-13,15H2,1-3H3,(H,28,29)(H,30,32). The number of amides is 2. The largest absolute Gasteiger partial charge is 0.494 e. The number of hydrogen-bond donors (Lipinski definition) is 2. The number of imidazole rings is 1. The summed E-state index contributed by atoms with van der Waals surface area (Å²) in [6, 6.07) is 9.95. The monoisotopic (exact) mass is 507 g/mol. The highest BCUT2D eigenvalue weighted by molar-refractivity contribution is 7.16. The van der Waals surface area contributed by atoms with Crippen molar-refractivity contribution >= 4 is 28.3 Å². The molecule has 0 bridgehead atoms. The topological polar surface area (TPSA) is 120 Å². The number of nitriles is 1. The minimum atomic E-state index is -0.503. The fraction of sp³-hybridized carbons (Fsp3) is 0.385. The van der Waals surface area contributed by atoms with Crippen LogP contribution in [0.4, 0.5) is 9.80 Å². The van der Waals surface area contributed by atoms with Crippen LogP contribution in [0.2, 0.25) is 0 Å². The first-order valence-electron chi connectivity index (χ1n) is 11.9. The van der Waals surface area contributed by atoms with Gasteiger partial charge in [-0.05, 0) is 43.4 Å². The molecular formula is C26H29N5O4S. The number of aromatic amines is 1. The second-order valence-electron chi connectivity index (χ2n) is 8.62. The van der Waals surface area contributed by atoms with Crippen LogP contribution in [0.25, 0.3) is 0 Å². The first kappa shape index (κ1) is 25.3. The molecule has 0 saturated carbocycles. The maximum atomic E-state index is 12.9. The predicted octanol–water partition coefficient (Wildman–Crippen LogP) is 5.13. The number of benzene rings is 1. The van der Waals surface area contributed by atoms with Crippen LogP contribution in [-0.2, 0) is 22.5 Å². The zero-order valence-electron chi connectivity index (χ0n) is 20.5. The van der Waals surface area contributed by atoms with Crippen LogP contribution in [0, 0.1) is 11.3 Å². The summed E-state index contributed by atoms with van der Waals surface area (Å²) < 4.78 is 11.2. The number of carbonyl (C=O) groups is 2. The van der Waals surface area contributed by atoms with Crippen LogP contribution in [-0.4, -0.2) is 40.0 Å². The van der Waals surface area contributed by atoms with Crippen LogP contribution >= 0.6 is 11.3 Å². The first-order chi connectivity index (χ1) is 17.4. The molecule has 2 atom stereocenters. The number of thiophene rings is 1. The molecule has 0 fully saturated rings. The van der Waals surface area contributed by atoms with Gasteiger partial charge in [-0.3, -0.25) is 4.79 Å². The molecule has 2 N–H and O–H groups in total. The van der Waals surface area contributed by atoms with Gasteiger partial charge in [-0.1, -0.05) is 25.1 Å². The van der Waals surface area contributed by atoms with E-state index in [2.05, 4.69) is 21.4 Å². The van der Waals surface area contributed by atoms with E-state index in [9.17, 15) is 14.9 Å². The van der Waals surface area contributed by atoms with E-state index in [-0.39, 0.29) is 18.2 Å². The van der Waals surface area contributed by atoms with Gasteiger partial charge in [0.15, 0.2) is 6.10 Å². The average Bonchev–Trinajstić information content (AvgIpc) is 3.52. The van der Waals surface area contributed by atoms with E-state index in [4.69, 9.17) is 9.47 Å². The summed E-state index contributed by atoms with van der Waals surface area (Å²) >= 11 is 1.34. The van der Waals surface area contributed by atoms with E-state index in [1.165, 1.54) is 11.3 Å². The molecule has 36 heavy (non-hydrogen) atoms. The van der Waals surface area contributed by atoms with E-state index in [1.54, 1.807) is 24.2 Å². The highest BCUT2D eigenvalue weighted by atomic mass is 32.1. The van der Waals surface area contributed by atoms with E-state index in [0.717, 1.165) is 21.8 Å². The quantitative estimate of drug-likeness (QED) is 0.436. The molecule has 2 aromatic heterocycles. The van der Waals surface area contributed by atoms with Crippen molar-refractivity contribution in [2.45, 2.75) is 52.2 Å². The number of H-pyrrole nitrogens is 1. The molecule has 0 saturated heterocycles. The summed E-state index contributed by atoms with van der Waals surface area (Å²) in [5.74, 6) is 1.12. The summed E-state index contributed by atoms with van der Waals surface area (Å²) in [6.45, 7) is 6.97. The van der Waals surface area contributed by atoms with E-state index < -0.39 is 12.2 Å². The van der Waals surface area contributed by atoms with Crippen molar-refractivity contribution in [2.75, 3.05) is 18.5 Å². The Hall–Kier alpha value is -3.84. The van der Waals surface area contributed by atoms with Crippen molar-refractivity contribution in [1.29, 1.82) is 5.26 Å². The minimum absolute atomic E-state index is 0.0608. The third-order valence-electron chi connectivity index (χ3n) is 6.10.